The SMILES string of the molecule is CC(=O)NC[C@H]1CN(c2ccc(N3CCNN(C(=O)CNCc4cn[nH]n4)CC3)c(F)c2)C(=O)O1. The fourth-order valence-corrected chi connectivity index (χ4v) is 3.91. The lowest BCUT2D eigenvalue weighted by Gasteiger charge is -2.24. The molecule has 14 heteroatoms. The number of aromatic amines is 1. The summed E-state index contributed by atoms with van der Waals surface area (Å²) in [4.78, 5) is 39.0. The number of halogens is 1. The highest BCUT2D eigenvalue weighted by atomic mass is 19.1. The predicted octanol–water partition coefficient (Wildman–Crippen LogP) is -0.652. The summed E-state index contributed by atoms with van der Waals surface area (Å²) in [5.74, 6) is -0.827. The van der Waals surface area contributed by atoms with Crippen molar-refractivity contribution in [2.75, 3.05) is 55.6 Å². The van der Waals surface area contributed by atoms with Gasteiger partial charge in [-0.25, -0.2) is 14.6 Å². The molecule has 13 nitrogen and oxygen atoms in total. The number of benzene rings is 1. The van der Waals surface area contributed by atoms with Gasteiger partial charge in [-0.1, -0.05) is 0 Å². The van der Waals surface area contributed by atoms with Crippen molar-refractivity contribution in [3.8, 4) is 0 Å². The maximum atomic E-state index is 15.1. The average Bonchev–Trinajstić information content (AvgIpc) is 3.40. The Morgan fingerprint density at radius 3 is 2.89 bits per heavy atom. The number of H-pyrrole nitrogens is 1. The van der Waals surface area contributed by atoms with Gasteiger partial charge in [-0.15, -0.1) is 0 Å². The Morgan fingerprint density at radius 2 is 2.14 bits per heavy atom. The van der Waals surface area contributed by atoms with Crippen molar-refractivity contribution in [3.05, 3.63) is 35.9 Å². The van der Waals surface area contributed by atoms with Crippen LogP contribution in [-0.2, 0) is 20.9 Å². The molecular weight excluding hydrogens is 461 g/mol. The van der Waals surface area contributed by atoms with Crippen LogP contribution in [0.4, 0.5) is 20.6 Å². The Balaban J connectivity index is 1.31. The van der Waals surface area contributed by atoms with E-state index in [-0.39, 0.29) is 31.4 Å². The second-order valence-corrected chi connectivity index (χ2v) is 8.19. The molecule has 3 heterocycles. The number of hydrazine groups is 1. The largest absolute Gasteiger partial charge is 0.442 e. The van der Waals surface area contributed by atoms with E-state index in [2.05, 4.69) is 31.5 Å². The van der Waals surface area contributed by atoms with E-state index in [1.165, 1.54) is 22.9 Å². The van der Waals surface area contributed by atoms with Gasteiger partial charge in [0.2, 0.25) is 5.91 Å². The lowest BCUT2D eigenvalue weighted by Crippen LogP contribution is -2.47. The molecular formula is C21H28FN9O4. The van der Waals surface area contributed by atoms with Gasteiger partial charge < -0.3 is 20.3 Å². The van der Waals surface area contributed by atoms with Crippen LogP contribution in [0.3, 0.4) is 0 Å². The van der Waals surface area contributed by atoms with E-state index >= 15 is 4.39 Å². The van der Waals surface area contributed by atoms with Crippen LogP contribution in [0.5, 0.6) is 0 Å². The van der Waals surface area contributed by atoms with Crippen LogP contribution in [0.15, 0.2) is 24.4 Å². The lowest BCUT2D eigenvalue weighted by atomic mass is 10.2. The van der Waals surface area contributed by atoms with Gasteiger partial charge in [-0.05, 0) is 18.2 Å². The second kappa shape index (κ2) is 11.1. The highest BCUT2D eigenvalue weighted by molar-refractivity contribution is 5.90. The smallest absolute Gasteiger partial charge is 0.414 e. The summed E-state index contributed by atoms with van der Waals surface area (Å²) < 4.78 is 20.3. The summed E-state index contributed by atoms with van der Waals surface area (Å²) in [6, 6.07) is 4.58. The molecule has 1 atom stereocenters. The summed E-state index contributed by atoms with van der Waals surface area (Å²) >= 11 is 0. The van der Waals surface area contributed by atoms with Gasteiger partial charge in [0, 0.05) is 33.1 Å². The first-order valence-corrected chi connectivity index (χ1v) is 11.3. The zero-order chi connectivity index (χ0) is 24.8. The van der Waals surface area contributed by atoms with Crippen molar-refractivity contribution >= 4 is 29.3 Å². The monoisotopic (exact) mass is 489 g/mol. The molecule has 4 rings (SSSR count). The van der Waals surface area contributed by atoms with Gasteiger partial charge >= 0.3 is 6.09 Å². The van der Waals surface area contributed by atoms with Crippen LogP contribution >= 0.6 is 0 Å². The molecule has 0 bridgehead atoms. The fourth-order valence-electron chi connectivity index (χ4n) is 3.91. The number of anilines is 2. The zero-order valence-electron chi connectivity index (χ0n) is 19.3. The van der Waals surface area contributed by atoms with Crippen molar-refractivity contribution in [3.63, 3.8) is 0 Å². The number of hydrogen-bond acceptors (Lipinski definition) is 9. The third kappa shape index (κ3) is 6.22. The summed E-state index contributed by atoms with van der Waals surface area (Å²) in [5, 5.41) is 17.3. The first kappa shape index (κ1) is 24.3. The number of nitrogens with one attached hydrogen (secondary N) is 4. The third-order valence-corrected chi connectivity index (χ3v) is 5.66. The molecule has 0 spiro atoms. The minimum atomic E-state index is -0.585. The summed E-state index contributed by atoms with van der Waals surface area (Å²) in [6.07, 6.45) is 0.494. The van der Waals surface area contributed by atoms with Gasteiger partial charge in [0.25, 0.3) is 5.91 Å². The molecule has 2 aliphatic heterocycles. The summed E-state index contributed by atoms with van der Waals surface area (Å²) in [7, 11) is 0. The van der Waals surface area contributed by atoms with E-state index in [9.17, 15) is 14.4 Å². The van der Waals surface area contributed by atoms with Crippen molar-refractivity contribution in [1.29, 1.82) is 0 Å². The van der Waals surface area contributed by atoms with E-state index in [1.54, 1.807) is 18.3 Å². The molecule has 1 aromatic carbocycles. The number of carbonyl (C=O) groups excluding carboxylic acids is 3. The van der Waals surface area contributed by atoms with Crippen LogP contribution in [0.2, 0.25) is 0 Å². The third-order valence-electron chi connectivity index (χ3n) is 5.66. The van der Waals surface area contributed by atoms with E-state index in [4.69, 9.17) is 4.74 Å². The molecule has 0 unspecified atom stereocenters. The number of nitrogens with zero attached hydrogens (tertiary/aromatic N) is 5. The topological polar surface area (TPSA) is 148 Å². The summed E-state index contributed by atoms with van der Waals surface area (Å²) in [6.45, 7) is 4.09. The molecule has 3 amide bonds. The molecule has 1 aromatic heterocycles. The van der Waals surface area contributed by atoms with E-state index in [0.29, 0.717) is 49.8 Å². The van der Waals surface area contributed by atoms with Crippen molar-refractivity contribution in [2.45, 2.75) is 19.6 Å². The normalized spacial score (nSPS) is 18.4. The van der Waals surface area contributed by atoms with Gasteiger partial charge in [0.05, 0.1) is 49.4 Å². The molecule has 2 aromatic rings. The molecule has 0 aliphatic carbocycles. The second-order valence-electron chi connectivity index (χ2n) is 8.19. The predicted molar refractivity (Wildman–Crippen MR) is 123 cm³/mol. The first-order chi connectivity index (χ1) is 16.9. The van der Waals surface area contributed by atoms with Crippen molar-refractivity contribution in [2.24, 2.45) is 0 Å². The van der Waals surface area contributed by atoms with Gasteiger partial charge in [-0.3, -0.25) is 19.5 Å². The highest BCUT2D eigenvalue weighted by Gasteiger charge is 2.33. The Hall–Kier alpha value is -3.78. The average molecular weight is 490 g/mol. The van der Waals surface area contributed by atoms with Gasteiger partial charge in [0.1, 0.15) is 11.9 Å². The minimum absolute atomic E-state index is 0.123. The number of amides is 3. The van der Waals surface area contributed by atoms with Crippen molar-refractivity contribution in [1.82, 2.24) is 36.5 Å². The van der Waals surface area contributed by atoms with Gasteiger partial charge in [0.15, 0.2) is 0 Å². The molecule has 2 aliphatic rings. The van der Waals surface area contributed by atoms with Crippen LogP contribution in [0.1, 0.15) is 12.6 Å². The number of aromatic nitrogens is 3. The van der Waals surface area contributed by atoms with Crippen LogP contribution < -0.4 is 25.9 Å². The van der Waals surface area contributed by atoms with Crippen LogP contribution in [0.25, 0.3) is 0 Å². The Morgan fingerprint density at radius 1 is 1.29 bits per heavy atom. The number of cyclic esters (lactones) is 1. The molecule has 0 radical (unpaired) electrons. The van der Waals surface area contributed by atoms with Crippen molar-refractivity contribution < 1.29 is 23.5 Å². The molecule has 4 N–H and O–H groups in total. The van der Waals surface area contributed by atoms with E-state index in [1.807, 2.05) is 4.90 Å². The number of rotatable bonds is 8. The van der Waals surface area contributed by atoms with E-state index < -0.39 is 18.0 Å². The Kier molecular flexibility index (Phi) is 7.72. The van der Waals surface area contributed by atoms with Gasteiger partial charge in [-0.2, -0.15) is 15.4 Å². The quantitative estimate of drug-likeness (QED) is 0.380. The minimum Gasteiger partial charge on any atom is -0.442 e. The number of carbonyl (C=O) groups is 3. The fraction of sp³-hybridized carbons (Fsp3) is 0.476. The first-order valence-electron chi connectivity index (χ1n) is 11.3. The lowest BCUT2D eigenvalue weighted by molar-refractivity contribution is -0.133. The number of hydrogen-bond donors (Lipinski definition) is 4. The maximum absolute atomic E-state index is 15.1. The summed E-state index contributed by atoms with van der Waals surface area (Å²) in [5.41, 5.74) is 4.55. The zero-order valence-corrected chi connectivity index (χ0v) is 19.3. The molecule has 188 valence electrons. The highest BCUT2D eigenvalue weighted by Crippen LogP contribution is 2.28. The van der Waals surface area contributed by atoms with E-state index in [0.717, 1.165) is 0 Å². The number of ether oxygens (including phenoxy) is 1. The van der Waals surface area contributed by atoms with Crippen LogP contribution in [0, 0.1) is 5.82 Å². The molecule has 2 fully saturated rings. The van der Waals surface area contributed by atoms with Crippen LogP contribution in [-0.4, -0.2) is 90.2 Å². The molecule has 0 saturated carbocycles. The standard InChI is InChI=1S/C21H28FN9O4/c1-14(32)24-11-17-13-30(21(34)35-17)16-2-3-19(18(22)8-16)29-5-4-26-31(7-6-29)20(33)12-23-9-15-10-25-28-27-15/h2-3,8,10,17,23,26H,4-7,9,11-13H2,1H3,(H,24,32)(H,25,27,28)/t17-/m0/s1. The molecule has 35 heavy (non-hydrogen) atoms. The Bertz CT molecular complexity index is 1050. The molecule has 2 saturated heterocycles. The maximum Gasteiger partial charge on any atom is 0.414 e. The Labute approximate surface area is 200 Å².